The summed E-state index contributed by atoms with van der Waals surface area (Å²) in [4.78, 5) is 33.1. The fraction of sp³-hybridized carbons (Fsp3) is 0.520. The van der Waals surface area contributed by atoms with E-state index in [9.17, 15) is 9.59 Å². The van der Waals surface area contributed by atoms with Crippen molar-refractivity contribution < 1.29 is 14.3 Å². The number of nitrogens with zero attached hydrogens (tertiary/aromatic N) is 3. The molecule has 0 saturated carbocycles. The third kappa shape index (κ3) is 5.68. The zero-order valence-electron chi connectivity index (χ0n) is 19.5. The Labute approximate surface area is 200 Å². The van der Waals surface area contributed by atoms with E-state index >= 15 is 0 Å². The van der Waals surface area contributed by atoms with Crippen molar-refractivity contribution in [2.45, 2.75) is 38.3 Å². The molecule has 1 N–H and O–H groups in total. The van der Waals surface area contributed by atoms with E-state index in [1.165, 1.54) is 10.6 Å². The lowest BCUT2D eigenvalue weighted by Gasteiger charge is -2.42. The molecule has 2 aliphatic rings. The minimum absolute atomic E-state index is 0.0427. The van der Waals surface area contributed by atoms with Gasteiger partial charge in [0.15, 0.2) is 0 Å². The SMILES string of the molecule is COc1ccc(N2CCN([C@H](c3cccs3)[C@H](C)NC(=O)C(=O)N3CCCCC3)CC2)cc1. The van der Waals surface area contributed by atoms with Crippen LogP contribution in [0.5, 0.6) is 5.75 Å². The second-order valence-electron chi connectivity index (χ2n) is 8.80. The Morgan fingerprint density at radius 1 is 0.970 bits per heavy atom. The maximum Gasteiger partial charge on any atom is 0.311 e. The Kier molecular flexibility index (Phi) is 7.88. The highest BCUT2D eigenvalue weighted by Crippen LogP contribution is 2.30. The molecule has 0 bridgehead atoms. The monoisotopic (exact) mass is 470 g/mol. The summed E-state index contributed by atoms with van der Waals surface area (Å²) in [5.74, 6) is -0.0163. The van der Waals surface area contributed by atoms with Gasteiger partial charge in [-0.2, -0.15) is 0 Å². The molecule has 0 unspecified atom stereocenters. The van der Waals surface area contributed by atoms with Crippen molar-refractivity contribution in [1.82, 2.24) is 15.1 Å². The van der Waals surface area contributed by atoms with Gasteiger partial charge in [-0.3, -0.25) is 14.5 Å². The van der Waals surface area contributed by atoms with Gasteiger partial charge >= 0.3 is 11.8 Å². The number of carbonyl (C=O) groups excluding carboxylic acids is 2. The molecule has 2 saturated heterocycles. The number of piperazine rings is 1. The van der Waals surface area contributed by atoms with Gasteiger partial charge in [-0.25, -0.2) is 0 Å². The highest BCUT2D eigenvalue weighted by molar-refractivity contribution is 7.10. The van der Waals surface area contributed by atoms with Gasteiger partial charge in [-0.1, -0.05) is 6.07 Å². The minimum Gasteiger partial charge on any atom is -0.497 e. The molecule has 1 aromatic heterocycles. The molecule has 2 amide bonds. The molecular weight excluding hydrogens is 436 g/mol. The van der Waals surface area contributed by atoms with Crippen LogP contribution in [0.15, 0.2) is 41.8 Å². The molecule has 8 heteroatoms. The summed E-state index contributed by atoms with van der Waals surface area (Å²) >= 11 is 1.70. The van der Waals surface area contributed by atoms with E-state index in [4.69, 9.17) is 4.74 Å². The number of likely N-dealkylation sites (tertiary alicyclic amines) is 1. The Morgan fingerprint density at radius 3 is 2.27 bits per heavy atom. The fourth-order valence-electron chi connectivity index (χ4n) is 4.84. The zero-order chi connectivity index (χ0) is 23.2. The number of methoxy groups -OCH3 is 1. The smallest absolute Gasteiger partial charge is 0.311 e. The lowest BCUT2D eigenvalue weighted by atomic mass is 10.0. The average molecular weight is 471 g/mol. The predicted molar refractivity (Wildman–Crippen MR) is 132 cm³/mol. The summed E-state index contributed by atoms with van der Waals surface area (Å²) in [6, 6.07) is 12.2. The minimum atomic E-state index is -0.483. The lowest BCUT2D eigenvalue weighted by molar-refractivity contribution is -0.147. The highest BCUT2D eigenvalue weighted by Gasteiger charge is 2.33. The molecule has 4 rings (SSSR count). The molecule has 7 nitrogen and oxygen atoms in total. The maximum atomic E-state index is 12.8. The van der Waals surface area contributed by atoms with Gasteiger partial charge in [0, 0.05) is 55.9 Å². The molecule has 2 atom stereocenters. The number of piperidine rings is 1. The molecule has 33 heavy (non-hydrogen) atoms. The summed E-state index contributed by atoms with van der Waals surface area (Å²) in [5, 5.41) is 5.10. The predicted octanol–water partition coefficient (Wildman–Crippen LogP) is 3.14. The molecular formula is C25H34N4O3S. The summed E-state index contributed by atoms with van der Waals surface area (Å²) in [7, 11) is 1.68. The topological polar surface area (TPSA) is 65.1 Å². The molecule has 2 aliphatic heterocycles. The third-order valence-corrected chi connectivity index (χ3v) is 7.59. The lowest BCUT2D eigenvalue weighted by Crippen LogP contribution is -2.54. The second-order valence-corrected chi connectivity index (χ2v) is 9.78. The second kappa shape index (κ2) is 11.0. The van der Waals surface area contributed by atoms with E-state index in [1.54, 1.807) is 23.3 Å². The number of rotatable bonds is 6. The van der Waals surface area contributed by atoms with E-state index in [2.05, 4.69) is 38.7 Å². The van der Waals surface area contributed by atoms with Crippen LogP contribution in [0.4, 0.5) is 5.69 Å². The van der Waals surface area contributed by atoms with E-state index in [-0.39, 0.29) is 12.1 Å². The number of amides is 2. The molecule has 178 valence electrons. The maximum absolute atomic E-state index is 12.8. The standard InChI is InChI=1S/C25H34N4O3S/c1-19(26-24(30)25(31)29-12-4-3-5-13-29)23(22-7-6-18-33-22)28-16-14-27(15-17-28)20-8-10-21(32-2)11-9-20/h6-11,18-19,23H,3-5,12-17H2,1-2H3,(H,26,30)/t19-,23-/m0/s1. The number of hydrogen-bond donors (Lipinski definition) is 1. The van der Waals surface area contributed by atoms with Crippen molar-refractivity contribution in [3.05, 3.63) is 46.7 Å². The first kappa shape index (κ1) is 23.6. The van der Waals surface area contributed by atoms with Gasteiger partial charge in [0.1, 0.15) is 5.75 Å². The van der Waals surface area contributed by atoms with Gasteiger partial charge in [0.25, 0.3) is 0 Å². The van der Waals surface area contributed by atoms with Crippen LogP contribution in [0, 0.1) is 0 Å². The Morgan fingerprint density at radius 2 is 1.67 bits per heavy atom. The molecule has 3 heterocycles. The number of anilines is 1. The van der Waals surface area contributed by atoms with Gasteiger partial charge < -0.3 is 19.9 Å². The molecule has 2 fully saturated rings. The van der Waals surface area contributed by atoms with E-state index < -0.39 is 11.8 Å². The molecule has 0 aliphatic carbocycles. The largest absolute Gasteiger partial charge is 0.497 e. The fourth-order valence-corrected chi connectivity index (χ4v) is 5.81. The van der Waals surface area contributed by atoms with E-state index in [0.717, 1.165) is 51.2 Å². The number of hydrogen-bond acceptors (Lipinski definition) is 6. The summed E-state index contributed by atoms with van der Waals surface area (Å²) < 4.78 is 5.27. The first-order chi connectivity index (χ1) is 16.1. The van der Waals surface area contributed by atoms with Crippen molar-refractivity contribution in [2.75, 3.05) is 51.3 Å². The van der Waals surface area contributed by atoms with Crippen molar-refractivity contribution in [3.63, 3.8) is 0 Å². The molecule has 1 aromatic carbocycles. The van der Waals surface area contributed by atoms with Crippen LogP contribution in [-0.4, -0.2) is 74.0 Å². The number of carbonyl (C=O) groups is 2. The Bertz CT molecular complexity index is 904. The molecule has 0 radical (unpaired) electrons. The van der Waals surface area contributed by atoms with Crippen molar-refractivity contribution in [1.29, 1.82) is 0 Å². The first-order valence-corrected chi connectivity index (χ1v) is 12.7. The summed E-state index contributed by atoms with van der Waals surface area (Å²) in [5.41, 5.74) is 1.19. The van der Waals surface area contributed by atoms with E-state index in [1.807, 2.05) is 25.1 Å². The van der Waals surface area contributed by atoms with Gasteiger partial charge in [0.05, 0.1) is 13.2 Å². The number of ether oxygens (including phenoxy) is 1. The van der Waals surface area contributed by atoms with Crippen molar-refractivity contribution >= 4 is 28.8 Å². The van der Waals surface area contributed by atoms with Crippen molar-refractivity contribution in [2.24, 2.45) is 0 Å². The zero-order valence-corrected chi connectivity index (χ0v) is 20.4. The highest BCUT2D eigenvalue weighted by atomic mass is 32.1. The first-order valence-electron chi connectivity index (χ1n) is 11.8. The van der Waals surface area contributed by atoms with Crippen LogP contribution in [-0.2, 0) is 9.59 Å². The normalized spacial score (nSPS) is 19.1. The van der Waals surface area contributed by atoms with Crippen LogP contribution in [0.2, 0.25) is 0 Å². The third-order valence-electron chi connectivity index (χ3n) is 6.65. The van der Waals surface area contributed by atoms with Crippen molar-refractivity contribution in [3.8, 4) is 5.75 Å². The number of benzene rings is 1. The number of nitrogens with one attached hydrogen (secondary N) is 1. The summed E-state index contributed by atoms with van der Waals surface area (Å²) in [6.45, 7) is 6.96. The van der Waals surface area contributed by atoms with Crippen LogP contribution < -0.4 is 15.0 Å². The summed E-state index contributed by atoms with van der Waals surface area (Å²) in [6.07, 6.45) is 3.08. The quantitative estimate of drug-likeness (QED) is 0.657. The molecule has 2 aromatic rings. The number of thiophene rings is 1. The molecule has 0 spiro atoms. The van der Waals surface area contributed by atoms with Crippen LogP contribution in [0.25, 0.3) is 0 Å². The van der Waals surface area contributed by atoms with Crippen LogP contribution in [0.1, 0.15) is 37.1 Å². The van der Waals surface area contributed by atoms with E-state index in [0.29, 0.717) is 13.1 Å². The Hall–Kier alpha value is -2.58. The average Bonchev–Trinajstić information content (AvgIpc) is 3.39. The van der Waals surface area contributed by atoms with Gasteiger partial charge in [-0.05, 0) is 61.9 Å². The van der Waals surface area contributed by atoms with Gasteiger partial charge in [0.2, 0.25) is 0 Å². The van der Waals surface area contributed by atoms with Crippen LogP contribution >= 0.6 is 11.3 Å². The van der Waals surface area contributed by atoms with Crippen LogP contribution in [0.3, 0.4) is 0 Å². The Balaban J connectivity index is 1.40. The van der Waals surface area contributed by atoms with Gasteiger partial charge in [-0.15, -0.1) is 11.3 Å².